The van der Waals surface area contributed by atoms with Crippen LogP contribution in [0.1, 0.15) is 29.1 Å². The number of hydrogen-bond donors (Lipinski definition) is 0. The summed E-state index contributed by atoms with van der Waals surface area (Å²) >= 11 is 0. The molecule has 0 spiro atoms. The number of ketones is 1. The summed E-state index contributed by atoms with van der Waals surface area (Å²) in [4.78, 5) is 25.1. The van der Waals surface area contributed by atoms with Crippen molar-refractivity contribution < 1.29 is 9.59 Å². The Bertz CT molecular complexity index is 273. The van der Waals surface area contributed by atoms with Gasteiger partial charge in [-0.25, -0.2) is 4.98 Å². The number of aromatic nitrogens is 2. The average molecular weight is 152 g/mol. The molecule has 1 aromatic rings. The molecular formula is C7H8N2O2. The minimum Gasteiger partial charge on any atom is -0.293 e. The molecule has 4 nitrogen and oxygen atoms in total. The summed E-state index contributed by atoms with van der Waals surface area (Å²) in [5.41, 5.74) is 0.320. The van der Waals surface area contributed by atoms with Gasteiger partial charge in [0.2, 0.25) is 5.91 Å². The van der Waals surface area contributed by atoms with Crippen LogP contribution in [0.2, 0.25) is 0 Å². The molecule has 0 aliphatic rings. The van der Waals surface area contributed by atoms with Gasteiger partial charge < -0.3 is 0 Å². The molecule has 1 heterocycles. The van der Waals surface area contributed by atoms with E-state index >= 15 is 0 Å². The minimum atomic E-state index is -0.148. The van der Waals surface area contributed by atoms with Crippen molar-refractivity contribution in [1.29, 1.82) is 0 Å². The van der Waals surface area contributed by atoms with Crippen LogP contribution in [0.3, 0.4) is 0 Å². The molecule has 11 heavy (non-hydrogen) atoms. The zero-order valence-corrected chi connectivity index (χ0v) is 6.37. The van der Waals surface area contributed by atoms with Crippen molar-refractivity contribution >= 4 is 11.7 Å². The molecule has 1 aromatic heterocycles. The van der Waals surface area contributed by atoms with Crippen LogP contribution in [-0.2, 0) is 0 Å². The van der Waals surface area contributed by atoms with Gasteiger partial charge in [-0.05, 0) is 0 Å². The Labute approximate surface area is 63.9 Å². The first-order valence-corrected chi connectivity index (χ1v) is 3.17. The van der Waals surface area contributed by atoms with E-state index in [0.29, 0.717) is 5.69 Å². The SMILES string of the molecule is CC(=O)c1cn(C(C)=O)cn1. The Morgan fingerprint density at radius 3 is 2.36 bits per heavy atom. The molecule has 0 saturated carbocycles. The number of rotatable bonds is 1. The summed E-state index contributed by atoms with van der Waals surface area (Å²) in [5, 5.41) is 0. The molecule has 0 aliphatic heterocycles. The molecule has 0 unspecified atom stereocenters. The molecule has 0 amide bonds. The predicted molar refractivity (Wildman–Crippen MR) is 38.5 cm³/mol. The van der Waals surface area contributed by atoms with Crippen molar-refractivity contribution in [3.8, 4) is 0 Å². The van der Waals surface area contributed by atoms with Gasteiger partial charge in [-0.3, -0.25) is 14.2 Å². The van der Waals surface area contributed by atoms with E-state index < -0.39 is 0 Å². The molecular weight excluding hydrogens is 144 g/mol. The molecule has 0 atom stereocenters. The van der Waals surface area contributed by atoms with Crippen molar-refractivity contribution in [3.05, 3.63) is 18.2 Å². The van der Waals surface area contributed by atoms with Crippen LogP contribution in [0.15, 0.2) is 12.5 Å². The van der Waals surface area contributed by atoms with Gasteiger partial charge in [0, 0.05) is 20.0 Å². The van der Waals surface area contributed by atoms with E-state index in [0.717, 1.165) is 0 Å². The van der Waals surface area contributed by atoms with Gasteiger partial charge in [-0.15, -0.1) is 0 Å². The molecule has 4 heteroatoms. The zero-order chi connectivity index (χ0) is 8.43. The molecule has 0 aromatic carbocycles. The largest absolute Gasteiger partial charge is 0.293 e. The summed E-state index contributed by atoms with van der Waals surface area (Å²) in [6.45, 7) is 2.82. The van der Waals surface area contributed by atoms with E-state index in [9.17, 15) is 9.59 Å². The van der Waals surface area contributed by atoms with E-state index in [4.69, 9.17) is 0 Å². The Morgan fingerprint density at radius 1 is 1.45 bits per heavy atom. The second-order valence-electron chi connectivity index (χ2n) is 2.24. The van der Waals surface area contributed by atoms with Crippen LogP contribution in [0, 0.1) is 0 Å². The highest BCUT2D eigenvalue weighted by Crippen LogP contribution is 1.96. The molecule has 0 saturated heterocycles. The predicted octanol–water partition coefficient (Wildman–Crippen LogP) is 0.746. The first kappa shape index (κ1) is 7.65. The Kier molecular flexibility index (Phi) is 1.85. The number of Topliss-reactive ketones (excluding diaryl/α,β-unsaturated/α-hetero) is 1. The van der Waals surface area contributed by atoms with E-state index in [1.807, 2.05) is 0 Å². The van der Waals surface area contributed by atoms with Crippen LogP contribution in [0.25, 0.3) is 0 Å². The topological polar surface area (TPSA) is 52.0 Å². The fraction of sp³-hybridized carbons (Fsp3) is 0.286. The summed E-state index contributed by atoms with van der Waals surface area (Å²) < 4.78 is 1.27. The smallest absolute Gasteiger partial charge is 0.228 e. The normalized spacial score (nSPS) is 9.64. The number of carbonyl (C=O) groups excluding carboxylic acids is 2. The quantitative estimate of drug-likeness (QED) is 0.558. The molecule has 0 radical (unpaired) electrons. The summed E-state index contributed by atoms with van der Waals surface area (Å²) in [5.74, 6) is -0.282. The Balaban J connectivity index is 2.99. The molecule has 0 aliphatic carbocycles. The van der Waals surface area contributed by atoms with E-state index in [-0.39, 0.29) is 11.7 Å². The number of nitrogens with zero attached hydrogens (tertiary/aromatic N) is 2. The standard InChI is InChI=1S/C7H8N2O2/c1-5(10)7-3-9(4-8-7)6(2)11/h3-4H,1-2H3. The third-order valence-corrected chi connectivity index (χ3v) is 1.31. The van der Waals surface area contributed by atoms with Crippen molar-refractivity contribution in [2.24, 2.45) is 0 Å². The highest BCUT2D eigenvalue weighted by atomic mass is 16.2. The lowest BCUT2D eigenvalue weighted by molar-refractivity contribution is 0.0936. The van der Waals surface area contributed by atoms with Crippen molar-refractivity contribution in [2.45, 2.75) is 13.8 Å². The molecule has 0 fully saturated rings. The lowest BCUT2D eigenvalue weighted by Crippen LogP contribution is -2.01. The number of hydrogen-bond acceptors (Lipinski definition) is 3. The maximum atomic E-state index is 10.7. The van der Waals surface area contributed by atoms with Gasteiger partial charge in [-0.1, -0.05) is 0 Å². The molecule has 58 valence electrons. The second-order valence-corrected chi connectivity index (χ2v) is 2.24. The highest BCUT2D eigenvalue weighted by Gasteiger charge is 2.04. The molecule has 1 rings (SSSR count). The van der Waals surface area contributed by atoms with Crippen molar-refractivity contribution in [3.63, 3.8) is 0 Å². The van der Waals surface area contributed by atoms with Crippen molar-refractivity contribution in [2.75, 3.05) is 0 Å². The Hall–Kier alpha value is -1.45. The lowest BCUT2D eigenvalue weighted by Gasteiger charge is -1.88. The van der Waals surface area contributed by atoms with Gasteiger partial charge in [0.25, 0.3) is 0 Å². The monoisotopic (exact) mass is 152 g/mol. The van der Waals surface area contributed by atoms with Crippen LogP contribution in [-0.4, -0.2) is 21.2 Å². The third kappa shape index (κ3) is 1.52. The highest BCUT2D eigenvalue weighted by molar-refractivity contribution is 5.92. The van der Waals surface area contributed by atoms with Crippen molar-refractivity contribution in [1.82, 2.24) is 9.55 Å². The summed E-state index contributed by atoms with van der Waals surface area (Å²) in [7, 11) is 0. The lowest BCUT2D eigenvalue weighted by atomic mass is 10.3. The van der Waals surface area contributed by atoms with Gasteiger partial charge in [0.15, 0.2) is 5.78 Å². The van der Waals surface area contributed by atoms with Gasteiger partial charge in [-0.2, -0.15) is 0 Å². The van der Waals surface area contributed by atoms with Crippen LogP contribution in [0.5, 0.6) is 0 Å². The van der Waals surface area contributed by atoms with Gasteiger partial charge in [0.1, 0.15) is 12.0 Å². The van der Waals surface area contributed by atoms with Gasteiger partial charge >= 0.3 is 0 Å². The average Bonchev–Trinajstić information content (AvgIpc) is 2.33. The molecule has 0 N–H and O–H groups in total. The van der Waals surface area contributed by atoms with E-state index in [1.165, 1.54) is 30.9 Å². The Morgan fingerprint density at radius 2 is 2.09 bits per heavy atom. The minimum absolute atomic E-state index is 0.134. The summed E-state index contributed by atoms with van der Waals surface area (Å²) in [6, 6.07) is 0. The first-order chi connectivity index (χ1) is 5.11. The molecule has 0 bridgehead atoms. The summed E-state index contributed by atoms with van der Waals surface area (Å²) in [6.07, 6.45) is 2.75. The first-order valence-electron chi connectivity index (χ1n) is 3.17. The van der Waals surface area contributed by atoms with Crippen LogP contribution in [0.4, 0.5) is 0 Å². The maximum absolute atomic E-state index is 10.7. The fourth-order valence-corrected chi connectivity index (χ4v) is 0.677. The zero-order valence-electron chi connectivity index (χ0n) is 6.37. The van der Waals surface area contributed by atoms with Crippen LogP contribution >= 0.6 is 0 Å². The van der Waals surface area contributed by atoms with E-state index in [2.05, 4.69) is 4.98 Å². The van der Waals surface area contributed by atoms with Crippen LogP contribution < -0.4 is 0 Å². The number of imidazole rings is 1. The second kappa shape index (κ2) is 2.65. The number of carbonyl (C=O) groups is 2. The van der Waals surface area contributed by atoms with E-state index in [1.54, 1.807) is 0 Å². The third-order valence-electron chi connectivity index (χ3n) is 1.31. The maximum Gasteiger partial charge on any atom is 0.228 e. The fourth-order valence-electron chi connectivity index (χ4n) is 0.677. The van der Waals surface area contributed by atoms with Gasteiger partial charge in [0.05, 0.1) is 0 Å².